The normalized spacial score (nSPS) is 24.1. The number of aromatic nitrogens is 3. The molecule has 9 nitrogen and oxygen atoms in total. The number of fused-ring (bicyclic) bond motifs is 2. The minimum absolute atomic E-state index is 0.162. The second-order valence-corrected chi connectivity index (χ2v) is 8.60. The maximum absolute atomic E-state index is 10.9. The summed E-state index contributed by atoms with van der Waals surface area (Å²) in [6, 6.07) is 4.73. The molecule has 2 aromatic rings. The van der Waals surface area contributed by atoms with Crippen molar-refractivity contribution in [1.82, 2.24) is 19.4 Å². The van der Waals surface area contributed by atoms with Crippen molar-refractivity contribution < 1.29 is 9.66 Å². The number of nitro groups is 1. The molecule has 1 unspecified atom stereocenters. The van der Waals surface area contributed by atoms with Crippen LogP contribution in [-0.4, -0.2) is 56.1 Å². The SMILES string of the molecule is CC1(CN2CCc3nc(N4CCCCC4)ccc3C2)Cn2cc([N+](=O)[O-])nc2O1. The predicted molar refractivity (Wildman–Crippen MR) is 107 cm³/mol. The summed E-state index contributed by atoms with van der Waals surface area (Å²) in [5.41, 5.74) is 2.06. The number of hydrogen-bond donors (Lipinski definition) is 0. The molecule has 1 atom stereocenters. The summed E-state index contributed by atoms with van der Waals surface area (Å²) in [6.45, 7) is 7.37. The lowest BCUT2D eigenvalue weighted by atomic mass is 10.0. The van der Waals surface area contributed by atoms with E-state index in [1.165, 1.54) is 36.7 Å². The van der Waals surface area contributed by atoms with E-state index in [0.29, 0.717) is 12.6 Å². The number of hydrogen-bond acceptors (Lipinski definition) is 7. The summed E-state index contributed by atoms with van der Waals surface area (Å²) >= 11 is 0. The van der Waals surface area contributed by atoms with Gasteiger partial charge in [-0.05, 0) is 42.7 Å². The smallest absolute Gasteiger partial charge is 0.415 e. The summed E-state index contributed by atoms with van der Waals surface area (Å²) in [4.78, 5) is 24.1. The zero-order valence-corrected chi connectivity index (χ0v) is 16.7. The molecule has 0 aliphatic carbocycles. The van der Waals surface area contributed by atoms with E-state index in [2.05, 4.69) is 26.9 Å². The Kier molecular flexibility index (Phi) is 4.42. The first-order chi connectivity index (χ1) is 14.0. The van der Waals surface area contributed by atoms with E-state index in [9.17, 15) is 10.1 Å². The number of rotatable bonds is 4. The number of piperidine rings is 1. The molecule has 3 aliphatic rings. The highest BCUT2D eigenvalue weighted by molar-refractivity contribution is 5.43. The summed E-state index contributed by atoms with van der Waals surface area (Å²) in [6.07, 6.45) is 6.23. The third kappa shape index (κ3) is 3.55. The molecule has 29 heavy (non-hydrogen) atoms. The van der Waals surface area contributed by atoms with Crippen LogP contribution in [0.4, 0.5) is 11.6 Å². The van der Waals surface area contributed by atoms with Crippen molar-refractivity contribution in [3.05, 3.63) is 39.7 Å². The highest BCUT2D eigenvalue weighted by Gasteiger charge is 2.41. The topological polar surface area (TPSA) is 89.6 Å². The zero-order chi connectivity index (χ0) is 20.0. The Hall–Kier alpha value is -2.68. The van der Waals surface area contributed by atoms with Gasteiger partial charge in [0.25, 0.3) is 0 Å². The second-order valence-electron chi connectivity index (χ2n) is 8.60. The monoisotopic (exact) mass is 398 g/mol. The van der Waals surface area contributed by atoms with Gasteiger partial charge in [0, 0.05) is 49.8 Å². The highest BCUT2D eigenvalue weighted by atomic mass is 16.6. The Balaban J connectivity index is 1.24. The molecule has 0 aromatic carbocycles. The number of nitrogens with zero attached hydrogens (tertiary/aromatic N) is 6. The molecule has 5 rings (SSSR count). The minimum Gasteiger partial charge on any atom is -0.436 e. The maximum Gasteiger partial charge on any atom is 0.415 e. The predicted octanol–water partition coefficient (Wildman–Crippen LogP) is 2.39. The number of ether oxygens (including phenoxy) is 1. The lowest BCUT2D eigenvalue weighted by Crippen LogP contribution is -2.46. The molecule has 1 fully saturated rings. The fourth-order valence-corrected chi connectivity index (χ4v) is 4.73. The molecule has 0 bridgehead atoms. The van der Waals surface area contributed by atoms with Crippen molar-refractivity contribution in [3.8, 4) is 6.01 Å². The molecule has 9 heteroatoms. The first-order valence-electron chi connectivity index (χ1n) is 10.4. The van der Waals surface area contributed by atoms with Crippen molar-refractivity contribution >= 4 is 11.6 Å². The summed E-state index contributed by atoms with van der Waals surface area (Å²) in [7, 11) is 0. The van der Waals surface area contributed by atoms with Crippen molar-refractivity contribution in [2.75, 3.05) is 31.1 Å². The Bertz CT molecular complexity index is 913. The van der Waals surface area contributed by atoms with Crippen LogP contribution in [0.5, 0.6) is 6.01 Å². The maximum atomic E-state index is 10.9. The van der Waals surface area contributed by atoms with Crippen molar-refractivity contribution in [2.45, 2.75) is 51.3 Å². The average molecular weight is 398 g/mol. The van der Waals surface area contributed by atoms with Crippen LogP contribution >= 0.6 is 0 Å². The molecule has 0 spiro atoms. The third-order valence-corrected chi connectivity index (χ3v) is 6.11. The third-order valence-electron chi connectivity index (χ3n) is 6.11. The largest absolute Gasteiger partial charge is 0.436 e. The van der Waals surface area contributed by atoms with Crippen LogP contribution in [0, 0.1) is 10.1 Å². The molecule has 2 aromatic heterocycles. The second kappa shape index (κ2) is 6.98. The van der Waals surface area contributed by atoms with Crippen molar-refractivity contribution in [2.24, 2.45) is 0 Å². The van der Waals surface area contributed by atoms with Crippen LogP contribution in [0.15, 0.2) is 18.3 Å². The van der Waals surface area contributed by atoms with Crippen LogP contribution in [0.3, 0.4) is 0 Å². The molecule has 1 saturated heterocycles. The zero-order valence-electron chi connectivity index (χ0n) is 16.7. The van der Waals surface area contributed by atoms with E-state index in [1.54, 1.807) is 4.57 Å². The Morgan fingerprint density at radius 3 is 2.79 bits per heavy atom. The first-order valence-corrected chi connectivity index (χ1v) is 10.4. The Labute approximate surface area is 169 Å². The number of anilines is 1. The van der Waals surface area contributed by atoms with Crippen LogP contribution in [-0.2, 0) is 19.5 Å². The first kappa shape index (κ1) is 18.4. The van der Waals surface area contributed by atoms with Gasteiger partial charge in [-0.1, -0.05) is 6.07 Å². The highest BCUT2D eigenvalue weighted by Crippen LogP contribution is 2.32. The van der Waals surface area contributed by atoms with Crippen LogP contribution in [0.1, 0.15) is 37.4 Å². The standard InChI is InChI=1S/C20H26N6O3/c1-20(14-25-12-18(26(27)28)22-19(25)29-20)13-23-10-7-16-15(11-23)5-6-17(21-16)24-8-3-2-4-9-24/h5-6,12H,2-4,7-11,13-14H2,1H3. The molecule has 0 amide bonds. The van der Waals surface area contributed by atoms with Crippen LogP contribution in [0.2, 0.25) is 0 Å². The van der Waals surface area contributed by atoms with Crippen LogP contribution < -0.4 is 9.64 Å². The molecular weight excluding hydrogens is 372 g/mol. The fraction of sp³-hybridized carbons (Fsp3) is 0.600. The lowest BCUT2D eigenvalue weighted by Gasteiger charge is -2.34. The number of pyridine rings is 1. The van der Waals surface area contributed by atoms with E-state index in [4.69, 9.17) is 9.72 Å². The molecule has 154 valence electrons. The van der Waals surface area contributed by atoms with E-state index >= 15 is 0 Å². The average Bonchev–Trinajstić information content (AvgIpc) is 3.23. The van der Waals surface area contributed by atoms with Crippen molar-refractivity contribution in [3.63, 3.8) is 0 Å². The number of imidazole rings is 1. The van der Waals surface area contributed by atoms with Crippen LogP contribution in [0.25, 0.3) is 0 Å². The van der Waals surface area contributed by atoms with Crippen molar-refractivity contribution in [1.29, 1.82) is 0 Å². The molecule has 0 N–H and O–H groups in total. The molecular formula is C20H26N6O3. The quantitative estimate of drug-likeness (QED) is 0.577. The van der Waals surface area contributed by atoms with E-state index in [1.807, 2.05) is 6.92 Å². The molecule has 3 aliphatic heterocycles. The van der Waals surface area contributed by atoms with Gasteiger partial charge in [0.15, 0.2) is 0 Å². The van der Waals surface area contributed by atoms with Gasteiger partial charge in [0.05, 0.1) is 6.54 Å². The van der Waals surface area contributed by atoms with E-state index in [-0.39, 0.29) is 5.82 Å². The van der Waals surface area contributed by atoms with Gasteiger partial charge in [-0.25, -0.2) is 4.98 Å². The molecule has 0 radical (unpaired) electrons. The van der Waals surface area contributed by atoms with Gasteiger partial charge < -0.3 is 19.8 Å². The summed E-state index contributed by atoms with van der Waals surface area (Å²) < 4.78 is 7.74. The van der Waals surface area contributed by atoms with Gasteiger partial charge in [0.2, 0.25) is 0 Å². The van der Waals surface area contributed by atoms with E-state index in [0.717, 1.165) is 45.0 Å². The Morgan fingerprint density at radius 1 is 1.21 bits per heavy atom. The van der Waals surface area contributed by atoms with Gasteiger partial charge >= 0.3 is 11.8 Å². The van der Waals surface area contributed by atoms with Gasteiger partial charge in [-0.15, -0.1) is 0 Å². The Morgan fingerprint density at radius 2 is 2.03 bits per heavy atom. The molecule has 0 saturated carbocycles. The summed E-state index contributed by atoms with van der Waals surface area (Å²) in [5.74, 6) is 0.958. The molecule has 5 heterocycles. The van der Waals surface area contributed by atoms with E-state index < -0.39 is 10.5 Å². The van der Waals surface area contributed by atoms with Gasteiger partial charge in [-0.3, -0.25) is 9.47 Å². The fourth-order valence-electron chi connectivity index (χ4n) is 4.73. The minimum atomic E-state index is -0.487. The lowest BCUT2D eigenvalue weighted by molar-refractivity contribution is -0.389. The van der Waals surface area contributed by atoms with Gasteiger partial charge in [-0.2, -0.15) is 0 Å². The summed E-state index contributed by atoms with van der Waals surface area (Å²) in [5, 5.41) is 10.9. The van der Waals surface area contributed by atoms with Gasteiger partial charge in [0.1, 0.15) is 17.6 Å².